The maximum absolute atomic E-state index is 4.26. The van der Waals surface area contributed by atoms with Gasteiger partial charge in [0.05, 0.1) is 11.0 Å². The molecule has 1 aliphatic carbocycles. The average molecular weight is 171 g/mol. The Hall–Kier alpha value is -1.31. The summed E-state index contributed by atoms with van der Waals surface area (Å²) >= 11 is 0. The topological polar surface area (TPSA) is 17.8 Å². The van der Waals surface area contributed by atoms with Gasteiger partial charge in [0.1, 0.15) is 0 Å². The number of fused-ring (bicyclic) bond motifs is 1. The molecule has 1 aromatic carbocycles. The lowest BCUT2D eigenvalue weighted by atomic mass is 9.93. The van der Waals surface area contributed by atoms with Gasteiger partial charge in [-0.2, -0.15) is 0 Å². The van der Waals surface area contributed by atoms with Crippen LogP contribution in [-0.2, 0) is 0 Å². The van der Waals surface area contributed by atoms with Crippen LogP contribution in [0.15, 0.2) is 24.3 Å². The molecule has 1 heterocycles. The third kappa shape index (κ3) is 0.981. The van der Waals surface area contributed by atoms with Crippen LogP contribution in [0.25, 0.3) is 11.0 Å². The highest BCUT2D eigenvalue weighted by Crippen LogP contribution is 2.33. The van der Waals surface area contributed by atoms with Crippen LogP contribution in [-0.4, -0.2) is 9.55 Å². The van der Waals surface area contributed by atoms with Crippen molar-refractivity contribution >= 4 is 11.0 Å². The van der Waals surface area contributed by atoms with Gasteiger partial charge in [-0.1, -0.05) is 12.1 Å². The number of hydrogen-bond acceptors (Lipinski definition) is 1. The molecular formula is C11H11N2. The summed E-state index contributed by atoms with van der Waals surface area (Å²) in [5, 5.41) is 0. The molecule has 0 bridgehead atoms. The highest BCUT2D eigenvalue weighted by atomic mass is 15.1. The molecular weight excluding hydrogens is 160 g/mol. The molecule has 1 fully saturated rings. The molecule has 0 unspecified atom stereocenters. The smallest absolute Gasteiger partial charge is 0.177 e. The van der Waals surface area contributed by atoms with Crippen molar-refractivity contribution in [1.82, 2.24) is 9.55 Å². The molecule has 65 valence electrons. The van der Waals surface area contributed by atoms with Gasteiger partial charge in [-0.15, -0.1) is 0 Å². The SMILES string of the molecule is [c]1nc2ccccc2n1C1CCC1. The van der Waals surface area contributed by atoms with E-state index in [-0.39, 0.29) is 0 Å². The molecule has 13 heavy (non-hydrogen) atoms. The number of aromatic nitrogens is 2. The first-order valence-corrected chi connectivity index (χ1v) is 4.80. The number of hydrogen-bond donors (Lipinski definition) is 0. The van der Waals surface area contributed by atoms with Crippen LogP contribution < -0.4 is 0 Å². The minimum absolute atomic E-state index is 0.660. The Bertz CT molecular complexity index is 426. The zero-order valence-electron chi connectivity index (χ0n) is 7.40. The minimum atomic E-state index is 0.660. The van der Waals surface area contributed by atoms with Crippen molar-refractivity contribution < 1.29 is 0 Å². The van der Waals surface area contributed by atoms with E-state index in [9.17, 15) is 0 Å². The summed E-state index contributed by atoms with van der Waals surface area (Å²) in [6.07, 6.45) is 7.01. The van der Waals surface area contributed by atoms with Crippen molar-refractivity contribution in [1.29, 1.82) is 0 Å². The van der Waals surface area contributed by atoms with Gasteiger partial charge in [0.2, 0.25) is 0 Å². The summed E-state index contributed by atoms with van der Waals surface area (Å²) in [5.74, 6) is 0. The van der Waals surface area contributed by atoms with E-state index in [2.05, 4.69) is 28.0 Å². The maximum Gasteiger partial charge on any atom is 0.177 e. The number of para-hydroxylation sites is 2. The van der Waals surface area contributed by atoms with E-state index in [1.54, 1.807) is 0 Å². The normalized spacial score (nSPS) is 17.5. The predicted molar refractivity (Wildman–Crippen MR) is 51.5 cm³/mol. The van der Waals surface area contributed by atoms with E-state index in [0.717, 1.165) is 5.52 Å². The molecule has 0 spiro atoms. The zero-order chi connectivity index (χ0) is 8.67. The molecule has 0 aliphatic heterocycles. The monoisotopic (exact) mass is 171 g/mol. The van der Waals surface area contributed by atoms with Crippen LogP contribution in [0.2, 0.25) is 0 Å². The Morgan fingerprint density at radius 3 is 2.92 bits per heavy atom. The third-order valence-corrected chi connectivity index (χ3v) is 2.86. The highest BCUT2D eigenvalue weighted by molar-refractivity contribution is 5.74. The van der Waals surface area contributed by atoms with Crippen molar-refractivity contribution in [3.63, 3.8) is 0 Å². The van der Waals surface area contributed by atoms with E-state index < -0.39 is 0 Å². The molecule has 3 rings (SSSR count). The van der Waals surface area contributed by atoms with Gasteiger partial charge in [0.15, 0.2) is 6.33 Å². The Morgan fingerprint density at radius 1 is 1.31 bits per heavy atom. The summed E-state index contributed by atoms with van der Waals surface area (Å²) < 4.78 is 2.19. The van der Waals surface area contributed by atoms with Gasteiger partial charge in [0, 0.05) is 6.04 Å². The van der Waals surface area contributed by atoms with Crippen molar-refractivity contribution in [2.75, 3.05) is 0 Å². The first kappa shape index (κ1) is 7.13. The third-order valence-electron chi connectivity index (χ3n) is 2.86. The molecule has 2 heteroatoms. The molecule has 2 nitrogen and oxygen atoms in total. The van der Waals surface area contributed by atoms with E-state index >= 15 is 0 Å². The molecule has 1 radical (unpaired) electrons. The molecule has 0 saturated heterocycles. The molecule has 1 saturated carbocycles. The highest BCUT2D eigenvalue weighted by Gasteiger charge is 2.20. The summed E-state index contributed by atoms with van der Waals surface area (Å²) in [5.41, 5.74) is 2.29. The first-order chi connectivity index (χ1) is 6.45. The fourth-order valence-electron chi connectivity index (χ4n) is 1.85. The fraction of sp³-hybridized carbons (Fsp3) is 0.364. The lowest BCUT2D eigenvalue weighted by Crippen LogP contribution is -2.15. The molecule has 0 atom stereocenters. The van der Waals surface area contributed by atoms with Crippen LogP contribution in [0.5, 0.6) is 0 Å². The second kappa shape index (κ2) is 2.59. The van der Waals surface area contributed by atoms with Crippen LogP contribution in [0, 0.1) is 6.33 Å². The molecule has 0 N–H and O–H groups in total. The summed E-state index contributed by atoms with van der Waals surface area (Å²) in [6.45, 7) is 0. The molecule has 1 aromatic heterocycles. The Kier molecular flexibility index (Phi) is 1.42. The van der Waals surface area contributed by atoms with Gasteiger partial charge < -0.3 is 4.57 Å². The number of nitrogens with zero attached hydrogens (tertiary/aromatic N) is 2. The second-order valence-electron chi connectivity index (χ2n) is 3.66. The molecule has 1 aliphatic rings. The Labute approximate surface area is 77.2 Å². The molecule has 2 aromatic rings. The van der Waals surface area contributed by atoms with E-state index in [1.807, 2.05) is 12.1 Å². The first-order valence-electron chi connectivity index (χ1n) is 4.80. The van der Waals surface area contributed by atoms with Crippen LogP contribution >= 0.6 is 0 Å². The second-order valence-corrected chi connectivity index (χ2v) is 3.66. The minimum Gasteiger partial charge on any atom is -0.318 e. The van der Waals surface area contributed by atoms with Crippen molar-refractivity contribution in [3.05, 3.63) is 30.6 Å². The van der Waals surface area contributed by atoms with Crippen molar-refractivity contribution in [2.24, 2.45) is 0 Å². The fourth-order valence-corrected chi connectivity index (χ4v) is 1.85. The van der Waals surface area contributed by atoms with Crippen LogP contribution in [0.1, 0.15) is 25.3 Å². The maximum atomic E-state index is 4.26. The zero-order valence-corrected chi connectivity index (χ0v) is 7.40. The lowest BCUT2D eigenvalue weighted by Gasteiger charge is -2.26. The van der Waals surface area contributed by atoms with E-state index in [0.29, 0.717) is 6.04 Å². The summed E-state index contributed by atoms with van der Waals surface area (Å²) in [6, 6.07) is 8.91. The summed E-state index contributed by atoms with van der Waals surface area (Å²) in [7, 11) is 0. The Balaban J connectivity index is 2.17. The quantitative estimate of drug-likeness (QED) is 0.644. The number of benzene rings is 1. The van der Waals surface area contributed by atoms with Crippen LogP contribution in [0.3, 0.4) is 0 Å². The standard InChI is InChI=1S/C11H11N2/c1-2-7-11-10(6-1)12-8-13(11)9-4-3-5-9/h1-2,6-7,9H,3-5H2. The van der Waals surface area contributed by atoms with Gasteiger partial charge >= 0.3 is 0 Å². The van der Waals surface area contributed by atoms with Gasteiger partial charge in [-0.3, -0.25) is 0 Å². The lowest BCUT2D eigenvalue weighted by molar-refractivity contribution is 0.319. The van der Waals surface area contributed by atoms with Crippen molar-refractivity contribution in [3.8, 4) is 0 Å². The Morgan fingerprint density at radius 2 is 2.15 bits per heavy atom. The average Bonchev–Trinajstić information content (AvgIpc) is 2.47. The largest absolute Gasteiger partial charge is 0.318 e. The van der Waals surface area contributed by atoms with E-state index in [1.165, 1.54) is 24.8 Å². The van der Waals surface area contributed by atoms with Gasteiger partial charge in [-0.05, 0) is 31.4 Å². The number of imidazole rings is 1. The summed E-state index contributed by atoms with van der Waals surface area (Å²) in [4.78, 5) is 4.26. The van der Waals surface area contributed by atoms with Gasteiger partial charge in [0.25, 0.3) is 0 Å². The van der Waals surface area contributed by atoms with Crippen molar-refractivity contribution in [2.45, 2.75) is 25.3 Å². The van der Waals surface area contributed by atoms with Crippen LogP contribution in [0.4, 0.5) is 0 Å². The van der Waals surface area contributed by atoms with Gasteiger partial charge in [-0.25, -0.2) is 4.98 Å². The number of rotatable bonds is 1. The predicted octanol–water partition coefficient (Wildman–Crippen LogP) is 2.56. The van der Waals surface area contributed by atoms with E-state index in [4.69, 9.17) is 0 Å². The molecule has 0 amide bonds.